The highest BCUT2D eigenvalue weighted by Gasteiger charge is 2.56. The Morgan fingerprint density at radius 2 is 1.69 bits per heavy atom. The highest BCUT2D eigenvalue weighted by molar-refractivity contribution is 5.88. The molecule has 0 bridgehead atoms. The van der Waals surface area contributed by atoms with E-state index < -0.39 is 23.5 Å². The minimum absolute atomic E-state index is 0.136. The molecule has 9 heteroatoms. The molecule has 0 N–H and O–H groups in total. The molecule has 2 aromatic carbocycles. The molecule has 0 saturated carbocycles. The molecule has 0 amide bonds. The molecule has 2 atom stereocenters. The predicted molar refractivity (Wildman–Crippen MR) is 110 cm³/mol. The van der Waals surface area contributed by atoms with Crippen LogP contribution >= 0.6 is 0 Å². The predicted octanol–water partition coefficient (Wildman–Crippen LogP) is 2.83. The van der Waals surface area contributed by atoms with Crippen molar-refractivity contribution in [3.8, 4) is 28.7 Å². The SMILES string of the molecule is COC(=O)C1(Cc2ccc3c(c2)OCO3)CC(=O)OC1c1cc(OC)c(OC)c(OC)c1. The first-order valence-electron chi connectivity index (χ1n) is 9.92. The highest BCUT2D eigenvalue weighted by atomic mass is 16.7. The third kappa shape index (κ3) is 3.53. The smallest absolute Gasteiger partial charge is 0.316 e. The fraction of sp³-hybridized carbons (Fsp3) is 0.391. The minimum atomic E-state index is -1.30. The number of hydrogen-bond donors (Lipinski definition) is 0. The Morgan fingerprint density at radius 3 is 2.31 bits per heavy atom. The maximum atomic E-state index is 13.1. The van der Waals surface area contributed by atoms with Crippen LogP contribution in [0.2, 0.25) is 0 Å². The highest BCUT2D eigenvalue weighted by Crippen LogP contribution is 2.52. The molecule has 9 nitrogen and oxygen atoms in total. The zero-order valence-electron chi connectivity index (χ0n) is 18.3. The molecule has 4 rings (SSSR count). The van der Waals surface area contributed by atoms with Gasteiger partial charge in [0.2, 0.25) is 12.5 Å². The summed E-state index contributed by atoms with van der Waals surface area (Å²) >= 11 is 0. The number of ether oxygens (including phenoxy) is 7. The van der Waals surface area contributed by atoms with Gasteiger partial charge in [0.05, 0.1) is 34.9 Å². The first-order valence-corrected chi connectivity index (χ1v) is 9.92. The number of benzene rings is 2. The van der Waals surface area contributed by atoms with Gasteiger partial charge in [0.25, 0.3) is 0 Å². The van der Waals surface area contributed by atoms with Crippen molar-refractivity contribution in [2.75, 3.05) is 35.2 Å². The summed E-state index contributed by atoms with van der Waals surface area (Å²) in [6.45, 7) is 0.136. The Morgan fingerprint density at radius 1 is 1.00 bits per heavy atom. The number of fused-ring (bicyclic) bond motifs is 1. The fourth-order valence-electron chi connectivity index (χ4n) is 4.30. The molecule has 2 aromatic rings. The van der Waals surface area contributed by atoms with Gasteiger partial charge in [-0.3, -0.25) is 9.59 Å². The molecule has 2 aliphatic rings. The lowest BCUT2D eigenvalue weighted by atomic mass is 9.73. The molecule has 2 heterocycles. The fourth-order valence-corrected chi connectivity index (χ4v) is 4.30. The van der Waals surface area contributed by atoms with E-state index in [9.17, 15) is 9.59 Å². The van der Waals surface area contributed by atoms with Crippen LogP contribution in [0.1, 0.15) is 23.7 Å². The van der Waals surface area contributed by atoms with Crippen molar-refractivity contribution in [1.29, 1.82) is 0 Å². The first kappa shape index (κ1) is 21.6. The van der Waals surface area contributed by atoms with Crippen LogP contribution in [0.25, 0.3) is 0 Å². The largest absolute Gasteiger partial charge is 0.493 e. The maximum absolute atomic E-state index is 13.1. The lowest BCUT2D eigenvalue weighted by Crippen LogP contribution is -2.37. The van der Waals surface area contributed by atoms with Gasteiger partial charge in [-0.05, 0) is 36.2 Å². The first-order chi connectivity index (χ1) is 15.4. The summed E-state index contributed by atoms with van der Waals surface area (Å²) in [6.07, 6.45) is -0.889. The quantitative estimate of drug-likeness (QED) is 0.597. The number of rotatable bonds is 7. The van der Waals surface area contributed by atoms with Crippen molar-refractivity contribution in [3.63, 3.8) is 0 Å². The van der Waals surface area contributed by atoms with E-state index in [1.54, 1.807) is 24.3 Å². The third-order valence-electron chi connectivity index (χ3n) is 5.75. The van der Waals surface area contributed by atoms with Crippen LogP contribution < -0.4 is 23.7 Å². The van der Waals surface area contributed by atoms with Crippen LogP contribution in [-0.2, 0) is 25.5 Å². The summed E-state index contributed by atoms with van der Waals surface area (Å²) in [5.74, 6) is 1.30. The van der Waals surface area contributed by atoms with E-state index in [1.807, 2.05) is 6.07 Å². The molecule has 0 aromatic heterocycles. The number of carbonyl (C=O) groups excluding carboxylic acids is 2. The van der Waals surface area contributed by atoms with Crippen molar-refractivity contribution in [1.82, 2.24) is 0 Å². The summed E-state index contributed by atoms with van der Waals surface area (Å²) in [6, 6.07) is 8.73. The summed E-state index contributed by atoms with van der Waals surface area (Å²) in [4.78, 5) is 25.6. The lowest BCUT2D eigenvalue weighted by molar-refractivity contribution is -0.157. The average molecular weight is 444 g/mol. The standard InChI is InChI=1S/C23H24O9/c1-26-17-8-14(9-18(27-2)20(17)28-3)21-23(22(25)29-4,11-19(24)32-21)10-13-5-6-15-16(7-13)31-12-30-15/h5-9,21H,10-12H2,1-4H3. The van der Waals surface area contributed by atoms with Crippen LogP contribution in [0.5, 0.6) is 28.7 Å². The topological polar surface area (TPSA) is 98.8 Å². The molecule has 2 unspecified atom stereocenters. The average Bonchev–Trinajstić information content (AvgIpc) is 3.41. The van der Waals surface area contributed by atoms with Gasteiger partial charge < -0.3 is 33.2 Å². The molecule has 2 aliphatic heterocycles. The van der Waals surface area contributed by atoms with Crippen LogP contribution in [0.4, 0.5) is 0 Å². The number of carbonyl (C=O) groups is 2. The molecule has 1 fully saturated rings. The molecule has 0 spiro atoms. The van der Waals surface area contributed by atoms with Gasteiger partial charge in [0.15, 0.2) is 23.0 Å². The second-order valence-corrected chi connectivity index (χ2v) is 7.52. The summed E-state index contributed by atoms with van der Waals surface area (Å²) in [5.41, 5.74) is -0.00340. The molecule has 0 radical (unpaired) electrons. The molecular formula is C23H24O9. The monoisotopic (exact) mass is 444 g/mol. The Bertz CT molecular complexity index is 1020. The van der Waals surface area contributed by atoms with Gasteiger partial charge in [0, 0.05) is 5.56 Å². The number of hydrogen-bond acceptors (Lipinski definition) is 9. The van der Waals surface area contributed by atoms with E-state index in [0.29, 0.717) is 34.3 Å². The minimum Gasteiger partial charge on any atom is -0.493 e. The van der Waals surface area contributed by atoms with E-state index in [4.69, 9.17) is 33.2 Å². The van der Waals surface area contributed by atoms with Gasteiger partial charge in [-0.15, -0.1) is 0 Å². The Balaban J connectivity index is 1.81. The van der Waals surface area contributed by atoms with Crippen LogP contribution in [0, 0.1) is 5.41 Å². The third-order valence-corrected chi connectivity index (χ3v) is 5.75. The van der Waals surface area contributed by atoms with Gasteiger partial charge in [0.1, 0.15) is 11.5 Å². The van der Waals surface area contributed by atoms with Crippen molar-refractivity contribution < 1.29 is 42.7 Å². The van der Waals surface area contributed by atoms with Crippen molar-refractivity contribution in [2.45, 2.75) is 18.9 Å². The number of esters is 2. The van der Waals surface area contributed by atoms with Gasteiger partial charge >= 0.3 is 11.9 Å². The Kier molecular flexibility index (Phi) is 5.73. The summed E-state index contributed by atoms with van der Waals surface area (Å²) in [5, 5.41) is 0. The maximum Gasteiger partial charge on any atom is 0.316 e. The van der Waals surface area contributed by atoms with E-state index in [2.05, 4.69) is 0 Å². The zero-order valence-corrected chi connectivity index (χ0v) is 18.3. The van der Waals surface area contributed by atoms with Crippen LogP contribution in [0.15, 0.2) is 30.3 Å². The van der Waals surface area contributed by atoms with Crippen molar-refractivity contribution >= 4 is 11.9 Å². The second-order valence-electron chi connectivity index (χ2n) is 7.52. The zero-order chi connectivity index (χ0) is 22.9. The number of methoxy groups -OCH3 is 4. The molecular weight excluding hydrogens is 420 g/mol. The van der Waals surface area contributed by atoms with Gasteiger partial charge in [-0.1, -0.05) is 6.07 Å². The van der Waals surface area contributed by atoms with E-state index >= 15 is 0 Å². The Hall–Kier alpha value is -3.62. The Labute approximate surface area is 185 Å². The number of cyclic esters (lactones) is 1. The molecule has 170 valence electrons. The molecule has 32 heavy (non-hydrogen) atoms. The summed E-state index contributed by atoms with van der Waals surface area (Å²) < 4.78 is 37.9. The lowest BCUT2D eigenvalue weighted by Gasteiger charge is -2.31. The normalized spacial score (nSPS) is 21.1. The molecule has 1 saturated heterocycles. The van der Waals surface area contributed by atoms with E-state index in [0.717, 1.165) is 5.56 Å². The van der Waals surface area contributed by atoms with E-state index in [-0.39, 0.29) is 19.6 Å². The second kappa shape index (κ2) is 8.49. The molecule has 0 aliphatic carbocycles. The van der Waals surface area contributed by atoms with Crippen LogP contribution in [0.3, 0.4) is 0 Å². The van der Waals surface area contributed by atoms with Gasteiger partial charge in [-0.2, -0.15) is 0 Å². The van der Waals surface area contributed by atoms with Gasteiger partial charge in [-0.25, -0.2) is 0 Å². The van der Waals surface area contributed by atoms with Crippen molar-refractivity contribution in [3.05, 3.63) is 41.5 Å². The summed E-state index contributed by atoms with van der Waals surface area (Å²) in [7, 11) is 5.76. The van der Waals surface area contributed by atoms with E-state index in [1.165, 1.54) is 28.4 Å². The van der Waals surface area contributed by atoms with Crippen molar-refractivity contribution in [2.24, 2.45) is 5.41 Å². The van der Waals surface area contributed by atoms with Crippen LogP contribution in [-0.4, -0.2) is 47.2 Å².